The molecule has 1 heterocycles. The Hall–Kier alpha value is -1.32. The zero-order valence-corrected chi connectivity index (χ0v) is 6.03. The molecule has 0 aromatic carbocycles. The molecule has 60 valence electrons. The Balaban J connectivity index is 2.67. The lowest BCUT2D eigenvalue weighted by Gasteiger charge is -2.09. The maximum Gasteiger partial charge on any atom is 0.295 e. The topological polar surface area (TPSA) is 31.2 Å². The lowest BCUT2D eigenvalue weighted by atomic mass is 10.6. The highest BCUT2D eigenvalue weighted by atomic mass is 19.1. The molecular formula is C7H8FNO2. The van der Waals surface area contributed by atoms with Gasteiger partial charge in [0, 0.05) is 12.4 Å². The van der Waals surface area contributed by atoms with Crippen molar-refractivity contribution in [1.82, 2.24) is 4.57 Å². The molecule has 0 saturated heterocycles. The summed E-state index contributed by atoms with van der Waals surface area (Å²) in [5.41, 5.74) is 0. The number of hydrogen-bond donors (Lipinski definition) is 0. The van der Waals surface area contributed by atoms with Gasteiger partial charge >= 0.3 is 0 Å². The Bertz CT molecular complexity index is 246. The Morgan fingerprint density at radius 2 is 2.55 bits per heavy atom. The van der Waals surface area contributed by atoms with Gasteiger partial charge in [0.2, 0.25) is 0 Å². The molecule has 1 aromatic rings. The lowest BCUT2D eigenvalue weighted by molar-refractivity contribution is -0.136. The lowest BCUT2D eigenvalue weighted by Crippen LogP contribution is -2.05. The van der Waals surface area contributed by atoms with Gasteiger partial charge in [-0.15, -0.1) is 0 Å². The van der Waals surface area contributed by atoms with E-state index in [0.717, 1.165) is 0 Å². The third kappa shape index (κ3) is 1.80. The van der Waals surface area contributed by atoms with Gasteiger partial charge in [-0.1, -0.05) is 0 Å². The van der Waals surface area contributed by atoms with Crippen LogP contribution in [0.1, 0.15) is 13.2 Å². The van der Waals surface area contributed by atoms with Gasteiger partial charge in [0.1, 0.15) is 5.82 Å². The van der Waals surface area contributed by atoms with Crippen LogP contribution in [0.5, 0.6) is 0 Å². The van der Waals surface area contributed by atoms with Gasteiger partial charge in [0.25, 0.3) is 6.47 Å². The predicted molar refractivity (Wildman–Crippen MR) is 36.3 cm³/mol. The second kappa shape index (κ2) is 3.18. The second-order valence-electron chi connectivity index (χ2n) is 2.11. The highest BCUT2D eigenvalue weighted by Crippen LogP contribution is 2.07. The molecule has 1 unspecified atom stereocenters. The first-order chi connectivity index (χ1) is 5.24. The molecule has 1 rings (SSSR count). The summed E-state index contributed by atoms with van der Waals surface area (Å²) in [6.07, 6.45) is 2.31. The molecule has 0 N–H and O–H groups in total. The molecule has 1 atom stereocenters. The average Bonchev–Trinajstić information content (AvgIpc) is 2.36. The van der Waals surface area contributed by atoms with E-state index in [2.05, 4.69) is 4.74 Å². The largest absolute Gasteiger partial charge is 0.444 e. The Kier molecular flexibility index (Phi) is 2.25. The van der Waals surface area contributed by atoms with Gasteiger partial charge in [-0.2, -0.15) is 0 Å². The molecule has 0 bridgehead atoms. The summed E-state index contributed by atoms with van der Waals surface area (Å²) in [4.78, 5) is 9.87. The van der Waals surface area contributed by atoms with Crippen LogP contribution in [-0.4, -0.2) is 11.0 Å². The van der Waals surface area contributed by atoms with Crippen LogP contribution in [0.3, 0.4) is 0 Å². The van der Waals surface area contributed by atoms with Crippen molar-refractivity contribution in [2.75, 3.05) is 0 Å². The zero-order chi connectivity index (χ0) is 8.27. The van der Waals surface area contributed by atoms with Crippen LogP contribution in [0, 0.1) is 5.82 Å². The Labute approximate surface area is 63.4 Å². The molecule has 3 nitrogen and oxygen atoms in total. The van der Waals surface area contributed by atoms with Gasteiger partial charge in [-0.3, -0.25) is 4.79 Å². The van der Waals surface area contributed by atoms with E-state index in [0.29, 0.717) is 6.47 Å². The minimum Gasteiger partial charge on any atom is -0.444 e. The van der Waals surface area contributed by atoms with E-state index in [1.807, 2.05) is 0 Å². The van der Waals surface area contributed by atoms with Crippen LogP contribution in [0.4, 0.5) is 4.39 Å². The normalized spacial score (nSPS) is 12.5. The molecule has 0 spiro atoms. The first-order valence-corrected chi connectivity index (χ1v) is 3.16. The summed E-state index contributed by atoms with van der Waals surface area (Å²) in [5.74, 6) is -0.341. The maximum atomic E-state index is 12.4. The van der Waals surface area contributed by atoms with E-state index in [1.54, 1.807) is 6.92 Å². The van der Waals surface area contributed by atoms with Gasteiger partial charge in [-0.05, 0) is 13.0 Å². The average molecular weight is 157 g/mol. The third-order valence-corrected chi connectivity index (χ3v) is 1.35. The fourth-order valence-electron chi connectivity index (χ4n) is 0.763. The highest BCUT2D eigenvalue weighted by Gasteiger charge is 2.03. The fourth-order valence-corrected chi connectivity index (χ4v) is 0.763. The summed E-state index contributed by atoms with van der Waals surface area (Å²) >= 11 is 0. The molecule has 0 saturated carbocycles. The monoisotopic (exact) mass is 157 g/mol. The zero-order valence-electron chi connectivity index (χ0n) is 6.03. The van der Waals surface area contributed by atoms with Crippen molar-refractivity contribution in [3.8, 4) is 0 Å². The van der Waals surface area contributed by atoms with Crippen molar-refractivity contribution in [2.24, 2.45) is 0 Å². The fraction of sp³-hybridized carbons (Fsp3) is 0.286. The number of aromatic nitrogens is 1. The first kappa shape index (κ1) is 7.78. The van der Waals surface area contributed by atoms with Crippen molar-refractivity contribution in [3.63, 3.8) is 0 Å². The van der Waals surface area contributed by atoms with E-state index < -0.39 is 6.23 Å². The summed E-state index contributed by atoms with van der Waals surface area (Å²) < 4.78 is 18.4. The minimum atomic E-state index is -0.447. The van der Waals surface area contributed by atoms with Crippen LogP contribution in [0.25, 0.3) is 0 Å². The number of nitrogens with zero attached hydrogens (tertiary/aromatic N) is 1. The number of carbonyl (C=O) groups is 1. The van der Waals surface area contributed by atoms with Crippen molar-refractivity contribution in [2.45, 2.75) is 13.2 Å². The van der Waals surface area contributed by atoms with E-state index in [9.17, 15) is 9.18 Å². The van der Waals surface area contributed by atoms with Crippen LogP contribution in [0.15, 0.2) is 18.5 Å². The molecule has 4 heteroatoms. The van der Waals surface area contributed by atoms with E-state index >= 15 is 0 Å². The smallest absolute Gasteiger partial charge is 0.295 e. The second-order valence-corrected chi connectivity index (χ2v) is 2.11. The van der Waals surface area contributed by atoms with Gasteiger partial charge in [0.05, 0.1) is 0 Å². The van der Waals surface area contributed by atoms with Crippen LogP contribution in [-0.2, 0) is 9.53 Å². The summed E-state index contributed by atoms with van der Waals surface area (Å²) in [6, 6.07) is 1.30. The van der Waals surface area contributed by atoms with Crippen LogP contribution in [0.2, 0.25) is 0 Å². The molecule has 1 aromatic heterocycles. The maximum absolute atomic E-state index is 12.4. The van der Waals surface area contributed by atoms with Crippen molar-refractivity contribution in [3.05, 3.63) is 24.3 Å². The Morgan fingerprint density at radius 3 is 3.00 bits per heavy atom. The van der Waals surface area contributed by atoms with Gasteiger partial charge in [-0.25, -0.2) is 4.39 Å². The molecule has 0 aliphatic rings. The van der Waals surface area contributed by atoms with Gasteiger partial charge < -0.3 is 9.30 Å². The number of rotatable bonds is 3. The molecule has 11 heavy (non-hydrogen) atoms. The standard InChI is InChI=1S/C7H8FNO2/c1-6(11-5-10)9-3-2-7(8)4-9/h2-6H,1H3. The third-order valence-electron chi connectivity index (χ3n) is 1.35. The number of ether oxygens (including phenoxy) is 1. The minimum absolute atomic E-state index is 0.336. The predicted octanol–water partition coefficient (Wildman–Crippen LogP) is 1.32. The van der Waals surface area contributed by atoms with E-state index in [4.69, 9.17) is 0 Å². The van der Waals surface area contributed by atoms with Crippen LogP contribution < -0.4 is 0 Å². The Morgan fingerprint density at radius 1 is 1.82 bits per heavy atom. The molecule has 0 amide bonds. The van der Waals surface area contributed by atoms with Crippen molar-refractivity contribution >= 4 is 6.47 Å². The molecule has 0 aliphatic carbocycles. The van der Waals surface area contributed by atoms with Crippen LogP contribution >= 0.6 is 0 Å². The highest BCUT2D eigenvalue weighted by molar-refractivity contribution is 5.37. The molecular weight excluding hydrogens is 149 g/mol. The van der Waals surface area contributed by atoms with Crippen molar-refractivity contribution < 1.29 is 13.9 Å². The number of halogens is 1. The molecule has 0 radical (unpaired) electrons. The summed E-state index contributed by atoms with van der Waals surface area (Å²) in [7, 11) is 0. The SMILES string of the molecule is CC(OC=O)n1ccc(F)c1. The summed E-state index contributed by atoms with van der Waals surface area (Å²) in [6.45, 7) is 1.98. The number of carbonyl (C=O) groups excluding carboxylic acids is 1. The summed E-state index contributed by atoms with van der Waals surface area (Å²) in [5, 5.41) is 0. The number of hydrogen-bond acceptors (Lipinski definition) is 2. The van der Waals surface area contributed by atoms with E-state index in [1.165, 1.54) is 23.0 Å². The van der Waals surface area contributed by atoms with E-state index in [-0.39, 0.29) is 5.82 Å². The quantitative estimate of drug-likeness (QED) is 0.619. The first-order valence-electron chi connectivity index (χ1n) is 3.16. The van der Waals surface area contributed by atoms with Crippen molar-refractivity contribution in [1.29, 1.82) is 0 Å². The molecule has 0 aliphatic heterocycles. The molecule has 0 fully saturated rings. The van der Waals surface area contributed by atoms with Gasteiger partial charge in [0.15, 0.2) is 6.23 Å².